The first-order chi connectivity index (χ1) is 16.6. The molecule has 0 unspecified atom stereocenters. The van der Waals surface area contributed by atoms with Gasteiger partial charge in [0.2, 0.25) is 5.91 Å². The van der Waals surface area contributed by atoms with Crippen molar-refractivity contribution in [1.82, 2.24) is 15.1 Å². The molecule has 3 rings (SSSR count). The Kier molecular flexibility index (Phi) is 8.30. The minimum Gasteiger partial charge on any atom is -0.452 e. The first-order valence-corrected chi connectivity index (χ1v) is 11.5. The lowest BCUT2D eigenvalue weighted by atomic mass is 10.1. The standard InChI is InChI=1S/C26H29ClN4O4/c1-15-10-16(2)25(17(3)11-15)29-22(32)12-28-23(33)14-35-26(34)24-18(4)30-31(19(24)5)13-20-8-6-7-9-21(20)27/h6-11H,12-14H2,1-5H3,(H,28,33)(H,29,32). The topological polar surface area (TPSA) is 102 Å². The van der Waals surface area contributed by atoms with Gasteiger partial charge >= 0.3 is 5.97 Å². The highest BCUT2D eigenvalue weighted by molar-refractivity contribution is 6.31. The largest absolute Gasteiger partial charge is 0.452 e. The molecule has 0 bridgehead atoms. The van der Waals surface area contributed by atoms with Gasteiger partial charge in [-0.05, 0) is 57.4 Å². The number of carbonyl (C=O) groups excluding carboxylic acids is 3. The third kappa shape index (κ3) is 6.48. The lowest BCUT2D eigenvalue weighted by molar-refractivity contribution is -0.126. The van der Waals surface area contributed by atoms with E-state index in [2.05, 4.69) is 15.7 Å². The number of nitrogens with one attached hydrogen (secondary N) is 2. The Bertz CT molecular complexity index is 1260. The molecule has 0 aliphatic heterocycles. The third-order valence-corrected chi connectivity index (χ3v) is 5.95. The van der Waals surface area contributed by atoms with Gasteiger partial charge in [-0.15, -0.1) is 0 Å². The second-order valence-corrected chi connectivity index (χ2v) is 8.88. The highest BCUT2D eigenvalue weighted by atomic mass is 35.5. The summed E-state index contributed by atoms with van der Waals surface area (Å²) in [7, 11) is 0. The van der Waals surface area contributed by atoms with Crippen LogP contribution in [0.5, 0.6) is 0 Å². The van der Waals surface area contributed by atoms with E-state index in [1.807, 2.05) is 51.1 Å². The number of benzene rings is 2. The molecule has 1 heterocycles. The number of hydrogen-bond donors (Lipinski definition) is 2. The zero-order valence-corrected chi connectivity index (χ0v) is 21.2. The maximum absolute atomic E-state index is 12.6. The van der Waals surface area contributed by atoms with Crippen molar-refractivity contribution in [3.8, 4) is 0 Å². The predicted octanol–water partition coefficient (Wildman–Crippen LogP) is 4.04. The number of hydrogen-bond acceptors (Lipinski definition) is 5. The second-order valence-electron chi connectivity index (χ2n) is 8.47. The Labute approximate surface area is 209 Å². The van der Waals surface area contributed by atoms with Gasteiger partial charge in [0.1, 0.15) is 5.56 Å². The smallest absolute Gasteiger partial charge is 0.342 e. The minimum atomic E-state index is -0.657. The van der Waals surface area contributed by atoms with Crippen LogP contribution in [0.15, 0.2) is 36.4 Å². The van der Waals surface area contributed by atoms with Crippen LogP contribution in [0.25, 0.3) is 0 Å². The second kappa shape index (κ2) is 11.2. The average Bonchev–Trinajstić information content (AvgIpc) is 3.07. The summed E-state index contributed by atoms with van der Waals surface area (Å²) in [6.07, 6.45) is 0. The number of anilines is 1. The lowest BCUT2D eigenvalue weighted by Crippen LogP contribution is -2.35. The molecule has 0 fully saturated rings. The summed E-state index contributed by atoms with van der Waals surface area (Å²) < 4.78 is 6.85. The SMILES string of the molecule is Cc1cc(C)c(NC(=O)CNC(=O)COC(=O)c2c(C)nn(Cc3ccccc3Cl)c2C)c(C)c1. The van der Waals surface area contributed by atoms with Gasteiger partial charge in [-0.3, -0.25) is 14.3 Å². The monoisotopic (exact) mass is 496 g/mol. The molecule has 1 aromatic heterocycles. The summed E-state index contributed by atoms with van der Waals surface area (Å²) in [6.45, 7) is 8.91. The number of ether oxygens (including phenoxy) is 1. The van der Waals surface area contributed by atoms with Gasteiger partial charge in [0.15, 0.2) is 6.61 Å². The zero-order valence-electron chi connectivity index (χ0n) is 20.5. The Morgan fingerprint density at radius 1 is 1.00 bits per heavy atom. The van der Waals surface area contributed by atoms with Crippen LogP contribution in [0.3, 0.4) is 0 Å². The molecule has 8 nitrogen and oxygen atoms in total. The molecule has 184 valence electrons. The number of aromatic nitrogens is 2. The molecule has 0 aliphatic carbocycles. The fourth-order valence-electron chi connectivity index (χ4n) is 3.93. The van der Waals surface area contributed by atoms with E-state index in [4.69, 9.17) is 16.3 Å². The van der Waals surface area contributed by atoms with Crippen molar-refractivity contribution in [2.24, 2.45) is 0 Å². The fourth-order valence-corrected chi connectivity index (χ4v) is 4.12. The molecule has 35 heavy (non-hydrogen) atoms. The van der Waals surface area contributed by atoms with Crippen LogP contribution in [0.1, 0.15) is 44.0 Å². The highest BCUT2D eigenvalue weighted by Crippen LogP contribution is 2.22. The van der Waals surface area contributed by atoms with Crippen LogP contribution in [0.4, 0.5) is 5.69 Å². The molecule has 0 aliphatic rings. The average molecular weight is 497 g/mol. The van der Waals surface area contributed by atoms with Crippen molar-refractivity contribution >= 4 is 35.1 Å². The molecule has 3 aromatic rings. The van der Waals surface area contributed by atoms with Crippen LogP contribution in [0.2, 0.25) is 5.02 Å². The fraction of sp³-hybridized carbons (Fsp3) is 0.308. The summed E-state index contributed by atoms with van der Waals surface area (Å²) in [6, 6.07) is 11.3. The number of halogens is 1. The molecule has 2 amide bonds. The van der Waals surface area contributed by atoms with Gasteiger partial charge in [0.25, 0.3) is 5.91 Å². The van der Waals surface area contributed by atoms with E-state index < -0.39 is 18.5 Å². The van der Waals surface area contributed by atoms with Gasteiger partial charge < -0.3 is 15.4 Å². The number of esters is 1. The van der Waals surface area contributed by atoms with Crippen molar-refractivity contribution in [2.75, 3.05) is 18.5 Å². The molecule has 0 saturated heterocycles. The Hall–Kier alpha value is -3.65. The van der Waals surface area contributed by atoms with Crippen LogP contribution in [-0.2, 0) is 20.9 Å². The number of nitrogens with zero attached hydrogens (tertiary/aromatic N) is 2. The van der Waals surface area contributed by atoms with Crippen LogP contribution < -0.4 is 10.6 Å². The molecule has 0 spiro atoms. The maximum Gasteiger partial charge on any atom is 0.342 e. The van der Waals surface area contributed by atoms with E-state index in [0.29, 0.717) is 28.5 Å². The van der Waals surface area contributed by atoms with Gasteiger partial charge in [0.05, 0.1) is 24.5 Å². The van der Waals surface area contributed by atoms with Crippen LogP contribution >= 0.6 is 11.6 Å². The van der Waals surface area contributed by atoms with Gasteiger partial charge in [0, 0.05) is 10.7 Å². The van der Waals surface area contributed by atoms with Crippen molar-refractivity contribution in [1.29, 1.82) is 0 Å². The third-order valence-electron chi connectivity index (χ3n) is 5.59. The number of rotatable bonds is 8. The maximum atomic E-state index is 12.6. The van der Waals surface area contributed by atoms with Crippen LogP contribution in [0, 0.1) is 34.6 Å². The van der Waals surface area contributed by atoms with E-state index in [1.165, 1.54) is 0 Å². The summed E-state index contributed by atoms with van der Waals surface area (Å²) in [5, 5.41) is 10.3. The minimum absolute atomic E-state index is 0.239. The molecule has 9 heteroatoms. The van der Waals surface area contributed by atoms with Crippen molar-refractivity contribution in [3.05, 3.63) is 80.6 Å². The Balaban J connectivity index is 1.53. The summed E-state index contributed by atoms with van der Waals surface area (Å²) in [5.74, 6) is -1.60. The summed E-state index contributed by atoms with van der Waals surface area (Å²) in [5.41, 5.74) is 5.98. The van der Waals surface area contributed by atoms with Crippen molar-refractivity contribution in [2.45, 2.75) is 41.2 Å². The van der Waals surface area contributed by atoms with Gasteiger partial charge in [-0.1, -0.05) is 47.5 Å². The van der Waals surface area contributed by atoms with Crippen LogP contribution in [-0.4, -0.2) is 40.7 Å². The Morgan fingerprint density at radius 2 is 1.66 bits per heavy atom. The van der Waals surface area contributed by atoms with E-state index >= 15 is 0 Å². The number of amides is 2. The number of aryl methyl sites for hydroxylation is 4. The normalized spacial score (nSPS) is 10.7. The quantitative estimate of drug-likeness (QED) is 0.458. The molecule has 0 radical (unpaired) electrons. The first-order valence-electron chi connectivity index (χ1n) is 11.2. The molecule has 0 saturated carbocycles. The Morgan fingerprint density at radius 3 is 2.31 bits per heavy atom. The van der Waals surface area contributed by atoms with Crippen molar-refractivity contribution in [3.63, 3.8) is 0 Å². The van der Waals surface area contributed by atoms with E-state index in [1.54, 1.807) is 24.6 Å². The molecular formula is C26H29ClN4O4. The molecular weight excluding hydrogens is 468 g/mol. The molecule has 2 N–H and O–H groups in total. The lowest BCUT2D eigenvalue weighted by Gasteiger charge is -2.13. The van der Waals surface area contributed by atoms with Gasteiger partial charge in [-0.25, -0.2) is 4.79 Å². The zero-order chi connectivity index (χ0) is 25.7. The molecule has 0 atom stereocenters. The number of carbonyl (C=O) groups is 3. The van der Waals surface area contributed by atoms with E-state index in [0.717, 1.165) is 27.9 Å². The van der Waals surface area contributed by atoms with Crippen molar-refractivity contribution < 1.29 is 19.1 Å². The van der Waals surface area contributed by atoms with Gasteiger partial charge in [-0.2, -0.15) is 5.10 Å². The molecule has 2 aromatic carbocycles. The predicted molar refractivity (Wildman–Crippen MR) is 135 cm³/mol. The van der Waals surface area contributed by atoms with E-state index in [-0.39, 0.29) is 12.5 Å². The van der Waals surface area contributed by atoms with E-state index in [9.17, 15) is 14.4 Å². The highest BCUT2D eigenvalue weighted by Gasteiger charge is 2.21. The summed E-state index contributed by atoms with van der Waals surface area (Å²) in [4.78, 5) is 37.1. The first kappa shape index (κ1) is 26.0. The summed E-state index contributed by atoms with van der Waals surface area (Å²) >= 11 is 6.23.